The summed E-state index contributed by atoms with van der Waals surface area (Å²) < 4.78 is 5.26. The number of hydrogen-bond donors (Lipinski definition) is 1. The van der Waals surface area contributed by atoms with E-state index in [-0.39, 0.29) is 0 Å². The number of hydrogen-bond acceptors (Lipinski definition) is 3. The van der Waals surface area contributed by atoms with E-state index >= 15 is 0 Å². The van der Waals surface area contributed by atoms with Crippen molar-refractivity contribution in [2.45, 2.75) is 45.1 Å². The Bertz CT molecular complexity index is 346. The van der Waals surface area contributed by atoms with Crippen molar-refractivity contribution in [3.8, 4) is 5.88 Å². The van der Waals surface area contributed by atoms with Gasteiger partial charge in [0.2, 0.25) is 5.88 Å². The molecule has 1 fully saturated rings. The number of methoxy groups -OCH3 is 1. The highest BCUT2D eigenvalue weighted by atomic mass is 16.5. The molecule has 0 amide bonds. The summed E-state index contributed by atoms with van der Waals surface area (Å²) in [5.74, 6) is 1.60. The average Bonchev–Trinajstić information content (AvgIpc) is 2.68. The minimum absolute atomic E-state index is 0.742. The molecule has 1 aromatic rings. The molecule has 0 unspecified atom stereocenters. The van der Waals surface area contributed by atoms with Crippen molar-refractivity contribution in [2.75, 3.05) is 13.7 Å². The first kappa shape index (κ1) is 13.3. The van der Waals surface area contributed by atoms with E-state index in [4.69, 9.17) is 4.74 Å². The van der Waals surface area contributed by atoms with E-state index in [1.54, 1.807) is 13.3 Å². The lowest BCUT2D eigenvalue weighted by Crippen LogP contribution is -2.22. The van der Waals surface area contributed by atoms with Crippen LogP contribution in [-0.2, 0) is 6.54 Å². The molecular formula is C15H24N2O. The standard InChI is InChI=1S/C15H24N2O/c1-18-15-14(9-6-10-17-15)12-16-11-13-7-4-2-3-5-8-13/h6,9-10,13,16H,2-5,7-8,11-12H2,1H3. The zero-order valence-electron chi connectivity index (χ0n) is 11.3. The predicted molar refractivity (Wildman–Crippen MR) is 73.7 cm³/mol. The van der Waals surface area contributed by atoms with Gasteiger partial charge in [0, 0.05) is 18.3 Å². The molecule has 1 aliphatic rings. The quantitative estimate of drug-likeness (QED) is 0.813. The lowest BCUT2D eigenvalue weighted by atomic mass is 10.0. The molecule has 2 rings (SSSR count). The van der Waals surface area contributed by atoms with Gasteiger partial charge < -0.3 is 10.1 Å². The van der Waals surface area contributed by atoms with Crippen LogP contribution in [-0.4, -0.2) is 18.6 Å². The first-order valence-corrected chi connectivity index (χ1v) is 7.08. The number of aromatic nitrogens is 1. The fourth-order valence-corrected chi connectivity index (χ4v) is 2.72. The Morgan fingerprint density at radius 2 is 2.06 bits per heavy atom. The molecule has 0 saturated heterocycles. The Hall–Kier alpha value is -1.09. The Kier molecular flexibility index (Phi) is 5.46. The largest absolute Gasteiger partial charge is 0.481 e. The molecular weight excluding hydrogens is 224 g/mol. The molecule has 1 aliphatic carbocycles. The topological polar surface area (TPSA) is 34.1 Å². The molecule has 1 heterocycles. The van der Waals surface area contributed by atoms with Crippen molar-refractivity contribution in [1.29, 1.82) is 0 Å². The van der Waals surface area contributed by atoms with Crippen LogP contribution in [0.5, 0.6) is 5.88 Å². The minimum Gasteiger partial charge on any atom is -0.481 e. The minimum atomic E-state index is 0.742. The van der Waals surface area contributed by atoms with E-state index in [1.165, 1.54) is 38.5 Å². The van der Waals surface area contributed by atoms with E-state index < -0.39 is 0 Å². The Balaban J connectivity index is 1.77. The fourth-order valence-electron chi connectivity index (χ4n) is 2.72. The summed E-state index contributed by atoms with van der Waals surface area (Å²) in [4.78, 5) is 4.22. The normalized spacial score (nSPS) is 17.4. The van der Waals surface area contributed by atoms with Crippen molar-refractivity contribution in [3.63, 3.8) is 0 Å². The van der Waals surface area contributed by atoms with Crippen LogP contribution in [0.1, 0.15) is 44.1 Å². The molecule has 0 aromatic carbocycles. The maximum atomic E-state index is 5.26. The van der Waals surface area contributed by atoms with Gasteiger partial charge in [0.25, 0.3) is 0 Å². The summed E-state index contributed by atoms with van der Waals surface area (Å²) >= 11 is 0. The lowest BCUT2D eigenvalue weighted by molar-refractivity contribution is 0.385. The molecule has 18 heavy (non-hydrogen) atoms. The van der Waals surface area contributed by atoms with Crippen molar-refractivity contribution in [1.82, 2.24) is 10.3 Å². The predicted octanol–water partition coefficient (Wildman–Crippen LogP) is 3.15. The monoisotopic (exact) mass is 248 g/mol. The highest BCUT2D eigenvalue weighted by Crippen LogP contribution is 2.22. The van der Waals surface area contributed by atoms with E-state index in [1.807, 2.05) is 6.07 Å². The molecule has 0 atom stereocenters. The van der Waals surface area contributed by atoms with E-state index in [0.29, 0.717) is 0 Å². The summed E-state index contributed by atoms with van der Waals surface area (Å²) in [6.45, 7) is 1.98. The second-order valence-corrected chi connectivity index (χ2v) is 5.16. The summed E-state index contributed by atoms with van der Waals surface area (Å²) in [5, 5.41) is 3.55. The molecule has 3 heteroatoms. The van der Waals surface area contributed by atoms with Gasteiger partial charge in [-0.1, -0.05) is 31.7 Å². The van der Waals surface area contributed by atoms with E-state index in [2.05, 4.69) is 16.4 Å². The van der Waals surface area contributed by atoms with Crippen LogP contribution < -0.4 is 10.1 Å². The molecule has 0 spiro atoms. The van der Waals surface area contributed by atoms with Gasteiger partial charge >= 0.3 is 0 Å². The van der Waals surface area contributed by atoms with Gasteiger partial charge in [-0.15, -0.1) is 0 Å². The average molecular weight is 248 g/mol. The third-order valence-corrected chi connectivity index (χ3v) is 3.77. The molecule has 0 radical (unpaired) electrons. The van der Waals surface area contributed by atoms with Gasteiger partial charge in [-0.2, -0.15) is 0 Å². The smallest absolute Gasteiger partial charge is 0.217 e. The second-order valence-electron chi connectivity index (χ2n) is 5.16. The van der Waals surface area contributed by atoms with E-state index in [9.17, 15) is 0 Å². The number of rotatable bonds is 5. The molecule has 0 aliphatic heterocycles. The summed E-state index contributed by atoms with van der Waals surface area (Å²) in [7, 11) is 1.68. The van der Waals surface area contributed by atoms with Gasteiger partial charge in [-0.25, -0.2) is 4.98 Å². The van der Waals surface area contributed by atoms with Crippen molar-refractivity contribution in [2.24, 2.45) is 5.92 Å². The Labute approximate surface area is 110 Å². The van der Waals surface area contributed by atoms with Crippen molar-refractivity contribution in [3.05, 3.63) is 23.9 Å². The molecule has 1 saturated carbocycles. The number of ether oxygens (including phenoxy) is 1. The Morgan fingerprint density at radius 3 is 2.78 bits per heavy atom. The maximum Gasteiger partial charge on any atom is 0.217 e. The van der Waals surface area contributed by atoms with Crippen LogP contribution in [0.3, 0.4) is 0 Å². The molecule has 100 valence electrons. The SMILES string of the molecule is COc1ncccc1CNCC1CCCCCC1. The summed E-state index contributed by atoms with van der Waals surface area (Å²) in [5.41, 5.74) is 1.15. The number of nitrogens with one attached hydrogen (secondary N) is 1. The zero-order chi connectivity index (χ0) is 12.6. The van der Waals surface area contributed by atoms with Crippen LogP contribution >= 0.6 is 0 Å². The van der Waals surface area contributed by atoms with Crippen molar-refractivity contribution >= 4 is 0 Å². The van der Waals surface area contributed by atoms with Crippen LogP contribution in [0.4, 0.5) is 0 Å². The second kappa shape index (κ2) is 7.37. The third kappa shape index (κ3) is 3.98. The van der Waals surface area contributed by atoms with Gasteiger partial charge in [0.05, 0.1) is 7.11 Å². The van der Waals surface area contributed by atoms with Crippen LogP contribution in [0.25, 0.3) is 0 Å². The highest BCUT2D eigenvalue weighted by Gasteiger charge is 2.12. The first-order valence-electron chi connectivity index (χ1n) is 7.08. The van der Waals surface area contributed by atoms with Gasteiger partial charge in [-0.3, -0.25) is 0 Å². The number of pyridine rings is 1. The summed E-state index contributed by atoms with van der Waals surface area (Å²) in [6, 6.07) is 4.04. The van der Waals surface area contributed by atoms with Crippen molar-refractivity contribution < 1.29 is 4.74 Å². The third-order valence-electron chi connectivity index (χ3n) is 3.77. The van der Waals surface area contributed by atoms with Crippen LogP contribution in [0, 0.1) is 5.92 Å². The molecule has 3 nitrogen and oxygen atoms in total. The molecule has 1 aromatic heterocycles. The summed E-state index contributed by atoms with van der Waals surface area (Å²) in [6.07, 6.45) is 10.2. The molecule has 1 N–H and O–H groups in total. The number of nitrogens with zero attached hydrogens (tertiary/aromatic N) is 1. The zero-order valence-corrected chi connectivity index (χ0v) is 11.3. The van der Waals surface area contributed by atoms with E-state index in [0.717, 1.165) is 30.5 Å². The molecule has 0 bridgehead atoms. The van der Waals surface area contributed by atoms with Gasteiger partial charge in [-0.05, 0) is 31.4 Å². The van der Waals surface area contributed by atoms with Crippen LogP contribution in [0.2, 0.25) is 0 Å². The van der Waals surface area contributed by atoms with Gasteiger partial charge in [0.1, 0.15) is 0 Å². The highest BCUT2D eigenvalue weighted by molar-refractivity contribution is 5.24. The fraction of sp³-hybridized carbons (Fsp3) is 0.667. The Morgan fingerprint density at radius 1 is 1.28 bits per heavy atom. The first-order chi connectivity index (χ1) is 8.90. The van der Waals surface area contributed by atoms with Crippen LogP contribution in [0.15, 0.2) is 18.3 Å². The lowest BCUT2D eigenvalue weighted by Gasteiger charge is -2.15. The maximum absolute atomic E-state index is 5.26. The van der Waals surface area contributed by atoms with Gasteiger partial charge in [0.15, 0.2) is 0 Å².